The molecule has 1 aliphatic rings. The third kappa shape index (κ3) is 3.95. The summed E-state index contributed by atoms with van der Waals surface area (Å²) >= 11 is 0. The molecule has 1 aliphatic heterocycles. The summed E-state index contributed by atoms with van der Waals surface area (Å²) in [6.07, 6.45) is 5.02. The first kappa shape index (κ1) is 15.3. The first-order chi connectivity index (χ1) is 9.67. The Kier molecular flexibility index (Phi) is 5.41. The maximum Gasteiger partial charge on any atom is 0.128 e. The van der Waals surface area contributed by atoms with E-state index in [4.69, 9.17) is 4.98 Å². The third-order valence-corrected chi connectivity index (χ3v) is 4.67. The number of aromatic nitrogens is 1. The summed E-state index contributed by atoms with van der Waals surface area (Å²) in [6, 6.07) is 6.41. The highest BCUT2D eigenvalue weighted by Crippen LogP contribution is 2.35. The molecule has 1 saturated heterocycles. The number of hydrogen-bond acceptors (Lipinski definition) is 3. The van der Waals surface area contributed by atoms with Crippen molar-refractivity contribution >= 4 is 5.82 Å². The van der Waals surface area contributed by atoms with Crippen LogP contribution in [0.3, 0.4) is 0 Å². The lowest BCUT2D eigenvalue weighted by Gasteiger charge is -2.39. The molecule has 0 bridgehead atoms. The predicted octanol–water partition coefficient (Wildman–Crippen LogP) is 3.60. The molecule has 0 spiro atoms. The molecule has 1 aromatic rings. The van der Waals surface area contributed by atoms with Gasteiger partial charge in [0.2, 0.25) is 0 Å². The van der Waals surface area contributed by atoms with Gasteiger partial charge in [-0.2, -0.15) is 0 Å². The van der Waals surface area contributed by atoms with Crippen molar-refractivity contribution in [3.8, 4) is 0 Å². The summed E-state index contributed by atoms with van der Waals surface area (Å²) < 4.78 is 0. The predicted molar refractivity (Wildman–Crippen MR) is 86.1 cm³/mol. The molecule has 1 aromatic heterocycles. The summed E-state index contributed by atoms with van der Waals surface area (Å²) in [5.74, 6) is 1.15. The van der Waals surface area contributed by atoms with Crippen LogP contribution in [0, 0.1) is 5.41 Å². The standard InChI is InChI=1S/C17H29N3/c1-4-11-18-14-15-7-6-8-16(19-15)20-12-9-17(3,5-2)10-13-20/h6-8,18H,4-5,9-14H2,1-3H3. The first-order valence-corrected chi connectivity index (χ1v) is 8.08. The second-order valence-electron chi connectivity index (χ2n) is 6.32. The zero-order valence-electron chi connectivity index (χ0n) is 13.3. The summed E-state index contributed by atoms with van der Waals surface area (Å²) in [6.45, 7) is 11.1. The molecule has 2 rings (SSSR count). The topological polar surface area (TPSA) is 28.2 Å². The lowest BCUT2D eigenvalue weighted by molar-refractivity contribution is 0.238. The van der Waals surface area contributed by atoms with Gasteiger partial charge in [0.1, 0.15) is 5.82 Å². The average molecular weight is 275 g/mol. The van der Waals surface area contributed by atoms with Gasteiger partial charge >= 0.3 is 0 Å². The molecule has 0 radical (unpaired) electrons. The van der Waals surface area contributed by atoms with Crippen molar-refractivity contribution in [2.24, 2.45) is 5.41 Å². The summed E-state index contributed by atoms with van der Waals surface area (Å²) in [5, 5.41) is 3.42. The smallest absolute Gasteiger partial charge is 0.128 e. The third-order valence-electron chi connectivity index (χ3n) is 4.67. The van der Waals surface area contributed by atoms with Crippen LogP contribution in [0.15, 0.2) is 18.2 Å². The molecule has 1 fully saturated rings. The van der Waals surface area contributed by atoms with E-state index in [0.717, 1.165) is 37.7 Å². The van der Waals surface area contributed by atoms with Gasteiger partial charge in [-0.3, -0.25) is 0 Å². The summed E-state index contributed by atoms with van der Waals surface area (Å²) in [4.78, 5) is 7.25. The first-order valence-electron chi connectivity index (χ1n) is 8.08. The van der Waals surface area contributed by atoms with E-state index in [0.29, 0.717) is 5.41 Å². The van der Waals surface area contributed by atoms with Crippen molar-refractivity contribution in [2.75, 3.05) is 24.5 Å². The lowest BCUT2D eigenvalue weighted by Crippen LogP contribution is -2.38. The molecule has 112 valence electrons. The molecule has 0 atom stereocenters. The Morgan fingerprint density at radius 1 is 1.25 bits per heavy atom. The van der Waals surface area contributed by atoms with Gasteiger partial charge in [-0.05, 0) is 43.4 Å². The minimum absolute atomic E-state index is 0.538. The van der Waals surface area contributed by atoms with Gasteiger partial charge in [0.15, 0.2) is 0 Å². The number of nitrogens with zero attached hydrogens (tertiary/aromatic N) is 2. The van der Waals surface area contributed by atoms with Crippen molar-refractivity contribution in [2.45, 2.75) is 53.0 Å². The molecule has 3 nitrogen and oxygen atoms in total. The van der Waals surface area contributed by atoms with Crippen LogP contribution in [0.25, 0.3) is 0 Å². The Morgan fingerprint density at radius 3 is 2.65 bits per heavy atom. The highest BCUT2D eigenvalue weighted by molar-refractivity contribution is 5.39. The Hall–Kier alpha value is -1.09. The van der Waals surface area contributed by atoms with Crippen LogP contribution >= 0.6 is 0 Å². The largest absolute Gasteiger partial charge is 0.357 e. The van der Waals surface area contributed by atoms with E-state index in [1.165, 1.54) is 25.7 Å². The molecule has 20 heavy (non-hydrogen) atoms. The number of pyridine rings is 1. The highest BCUT2D eigenvalue weighted by Gasteiger charge is 2.28. The van der Waals surface area contributed by atoms with E-state index in [1.54, 1.807) is 0 Å². The van der Waals surface area contributed by atoms with Crippen molar-refractivity contribution in [3.63, 3.8) is 0 Å². The van der Waals surface area contributed by atoms with Crippen LogP contribution in [-0.4, -0.2) is 24.6 Å². The molecular formula is C17H29N3. The minimum atomic E-state index is 0.538. The SMILES string of the molecule is CCCNCc1cccc(N2CCC(C)(CC)CC2)n1. The molecule has 0 amide bonds. The zero-order valence-corrected chi connectivity index (χ0v) is 13.3. The molecule has 0 aliphatic carbocycles. The summed E-state index contributed by atoms with van der Waals surface area (Å²) in [5.41, 5.74) is 1.69. The van der Waals surface area contributed by atoms with Crippen LogP contribution in [-0.2, 0) is 6.54 Å². The average Bonchev–Trinajstić information content (AvgIpc) is 2.49. The van der Waals surface area contributed by atoms with E-state index in [2.05, 4.69) is 49.2 Å². The maximum atomic E-state index is 4.81. The monoisotopic (exact) mass is 275 g/mol. The van der Waals surface area contributed by atoms with E-state index >= 15 is 0 Å². The Labute approximate surface area is 123 Å². The maximum absolute atomic E-state index is 4.81. The number of anilines is 1. The number of rotatable bonds is 6. The molecule has 1 N–H and O–H groups in total. The Balaban J connectivity index is 1.94. The normalized spacial score (nSPS) is 18.2. The van der Waals surface area contributed by atoms with Crippen LogP contribution in [0.2, 0.25) is 0 Å². The highest BCUT2D eigenvalue weighted by atomic mass is 15.2. The number of nitrogens with one attached hydrogen (secondary N) is 1. The summed E-state index contributed by atoms with van der Waals surface area (Å²) in [7, 11) is 0. The quantitative estimate of drug-likeness (QED) is 0.804. The zero-order chi connectivity index (χ0) is 14.4. The van der Waals surface area contributed by atoms with Crippen LogP contribution in [0.1, 0.15) is 52.1 Å². The molecule has 2 heterocycles. The number of piperidine rings is 1. The Bertz CT molecular complexity index is 408. The van der Waals surface area contributed by atoms with Gasteiger partial charge in [-0.25, -0.2) is 4.98 Å². The molecular weight excluding hydrogens is 246 g/mol. The molecule has 3 heteroatoms. The van der Waals surface area contributed by atoms with Gasteiger partial charge < -0.3 is 10.2 Å². The molecule has 0 unspecified atom stereocenters. The van der Waals surface area contributed by atoms with E-state index < -0.39 is 0 Å². The van der Waals surface area contributed by atoms with Gasteiger partial charge in [0.05, 0.1) is 5.69 Å². The van der Waals surface area contributed by atoms with Gasteiger partial charge in [-0.15, -0.1) is 0 Å². The van der Waals surface area contributed by atoms with E-state index in [9.17, 15) is 0 Å². The van der Waals surface area contributed by atoms with Crippen LogP contribution in [0.4, 0.5) is 5.82 Å². The van der Waals surface area contributed by atoms with Crippen molar-refractivity contribution in [3.05, 3.63) is 23.9 Å². The fourth-order valence-corrected chi connectivity index (χ4v) is 2.76. The second kappa shape index (κ2) is 7.07. The van der Waals surface area contributed by atoms with Gasteiger partial charge in [-0.1, -0.05) is 33.3 Å². The molecule has 0 saturated carbocycles. The van der Waals surface area contributed by atoms with Crippen molar-refractivity contribution in [1.82, 2.24) is 10.3 Å². The fraction of sp³-hybridized carbons (Fsp3) is 0.706. The van der Waals surface area contributed by atoms with Gasteiger partial charge in [0, 0.05) is 19.6 Å². The minimum Gasteiger partial charge on any atom is -0.357 e. The fourth-order valence-electron chi connectivity index (χ4n) is 2.76. The van der Waals surface area contributed by atoms with Crippen LogP contribution < -0.4 is 10.2 Å². The van der Waals surface area contributed by atoms with Gasteiger partial charge in [0.25, 0.3) is 0 Å². The molecule has 0 aromatic carbocycles. The lowest BCUT2D eigenvalue weighted by atomic mass is 9.78. The van der Waals surface area contributed by atoms with Crippen molar-refractivity contribution in [1.29, 1.82) is 0 Å². The van der Waals surface area contributed by atoms with E-state index in [1.807, 2.05) is 0 Å². The van der Waals surface area contributed by atoms with Crippen LogP contribution in [0.5, 0.6) is 0 Å². The van der Waals surface area contributed by atoms with E-state index in [-0.39, 0.29) is 0 Å². The second-order valence-corrected chi connectivity index (χ2v) is 6.32. The van der Waals surface area contributed by atoms with Crippen molar-refractivity contribution < 1.29 is 0 Å². The Morgan fingerprint density at radius 2 is 2.00 bits per heavy atom. The number of hydrogen-bond donors (Lipinski definition) is 1.